The first-order valence-corrected chi connectivity index (χ1v) is 6.51. The van der Waals surface area contributed by atoms with Gasteiger partial charge in [0.1, 0.15) is 11.9 Å². The summed E-state index contributed by atoms with van der Waals surface area (Å²) in [6.07, 6.45) is 6.96. The number of methoxy groups -OCH3 is 1. The van der Waals surface area contributed by atoms with Gasteiger partial charge in [-0.3, -0.25) is 4.79 Å². The highest BCUT2D eigenvalue weighted by molar-refractivity contribution is 6.03. The molecular formula is C14H20N2O2. The van der Waals surface area contributed by atoms with Crippen LogP contribution in [0, 0.1) is 5.92 Å². The van der Waals surface area contributed by atoms with Gasteiger partial charge < -0.3 is 10.5 Å². The molecule has 1 unspecified atom stereocenters. The van der Waals surface area contributed by atoms with Gasteiger partial charge in [-0.2, -0.15) is 0 Å². The Morgan fingerprint density at radius 2 is 2.17 bits per heavy atom. The Morgan fingerprint density at radius 3 is 2.78 bits per heavy atom. The van der Waals surface area contributed by atoms with Crippen LogP contribution >= 0.6 is 0 Å². The molecule has 4 nitrogen and oxygen atoms in total. The molecule has 0 aromatic carbocycles. The highest BCUT2D eigenvalue weighted by Crippen LogP contribution is 2.30. The van der Waals surface area contributed by atoms with Crippen molar-refractivity contribution in [3.05, 3.63) is 23.9 Å². The van der Waals surface area contributed by atoms with E-state index in [1.165, 1.54) is 19.3 Å². The van der Waals surface area contributed by atoms with Gasteiger partial charge in [-0.05, 0) is 30.9 Å². The van der Waals surface area contributed by atoms with Crippen molar-refractivity contribution in [3.8, 4) is 0 Å². The van der Waals surface area contributed by atoms with E-state index in [4.69, 9.17) is 10.5 Å². The van der Waals surface area contributed by atoms with E-state index in [-0.39, 0.29) is 11.9 Å². The smallest absolute Gasteiger partial charge is 0.195 e. The van der Waals surface area contributed by atoms with E-state index in [1.807, 2.05) is 0 Å². The molecule has 1 atom stereocenters. The van der Waals surface area contributed by atoms with E-state index < -0.39 is 0 Å². The number of carbonyl (C=O) groups excluding carboxylic acids is 1. The lowest BCUT2D eigenvalue weighted by Crippen LogP contribution is -2.33. The number of nitrogens with zero attached hydrogens (tertiary/aromatic N) is 1. The topological polar surface area (TPSA) is 65.2 Å². The number of carbonyl (C=O) groups is 1. The second-order valence-corrected chi connectivity index (χ2v) is 4.85. The van der Waals surface area contributed by atoms with Crippen molar-refractivity contribution < 1.29 is 9.53 Å². The van der Waals surface area contributed by atoms with E-state index in [2.05, 4.69) is 4.98 Å². The fourth-order valence-electron chi connectivity index (χ4n) is 2.73. The van der Waals surface area contributed by atoms with Crippen LogP contribution in [-0.4, -0.2) is 24.0 Å². The number of pyridine rings is 1. The molecule has 0 amide bonds. The lowest BCUT2D eigenvalue weighted by molar-refractivity contribution is 0.0315. The molecule has 0 spiro atoms. The summed E-state index contributed by atoms with van der Waals surface area (Å²) in [7, 11) is 1.60. The molecule has 1 aromatic rings. The normalized spacial score (nSPS) is 18.5. The second-order valence-electron chi connectivity index (χ2n) is 4.85. The molecule has 1 fully saturated rings. The van der Waals surface area contributed by atoms with Crippen molar-refractivity contribution in [3.63, 3.8) is 0 Å². The third-order valence-electron chi connectivity index (χ3n) is 3.69. The number of rotatable bonds is 4. The minimum Gasteiger partial charge on any atom is -0.383 e. The summed E-state index contributed by atoms with van der Waals surface area (Å²) in [6, 6.07) is 3.46. The fourth-order valence-corrected chi connectivity index (χ4v) is 2.73. The minimum absolute atomic E-state index is 0.0324. The third-order valence-corrected chi connectivity index (χ3v) is 3.69. The second kappa shape index (κ2) is 5.96. The number of nitrogen functional groups attached to an aromatic ring is 1. The summed E-state index contributed by atoms with van der Waals surface area (Å²) >= 11 is 0. The van der Waals surface area contributed by atoms with E-state index >= 15 is 0 Å². The Hall–Kier alpha value is -1.42. The Bertz CT molecular complexity index is 414. The predicted octanol–water partition coefficient (Wildman–Crippen LogP) is 2.44. The molecule has 0 aliphatic heterocycles. The van der Waals surface area contributed by atoms with Crippen molar-refractivity contribution in [2.24, 2.45) is 5.92 Å². The number of anilines is 1. The molecule has 18 heavy (non-hydrogen) atoms. The molecule has 98 valence electrons. The van der Waals surface area contributed by atoms with Gasteiger partial charge in [0.25, 0.3) is 0 Å². The summed E-state index contributed by atoms with van der Waals surface area (Å²) in [5.41, 5.74) is 6.24. The zero-order chi connectivity index (χ0) is 13.0. The lowest BCUT2D eigenvalue weighted by Gasteiger charge is -2.28. The lowest BCUT2D eigenvalue weighted by atomic mass is 9.82. The summed E-state index contributed by atoms with van der Waals surface area (Å²) in [4.78, 5) is 16.4. The Morgan fingerprint density at radius 1 is 1.44 bits per heavy atom. The highest BCUT2D eigenvalue weighted by atomic mass is 16.5. The van der Waals surface area contributed by atoms with Crippen LogP contribution in [0.4, 0.5) is 5.82 Å². The first-order chi connectivity index (χ1) is 8.74. The largest absolute Gasteiger partial charge is 0.383 e. The van der Waals surface area contributed by atoms with E-state index in [0.717, 1.165) is 12.8 Å². The van der Waals surface area contributed by atoms with Gasteiger partial charge in [-0.15, -0.1) is 0 Å². The summed E-state index contributed by atoms with van der Waals surface area (Å²) < 4.78 is 5.43. The van der Waals surface area contributed by atoms with Crippen LogP contribution in [0.25, 0.3) is 0 Å². The van der Waals surface area contributed by atoms with Crippen LogP contribution in [0.2, 0.25) is 0 Å². The number of hydrogen-bond donors (Lipinski definition) is 1. The molecule has 2 N–H and O–H groups in total. The Balaban J connectivity index is 2.17. The number of Topliss-reactive ketones (excluding diaryl/α,β-unsaturated/α-hetero) is 1. The zero-order valence-electron chi connectivity index (χ0n) is 10.8. The molecular weight excluding hydrogens is 228 g/mol. The maximum atomic E-state index is 12.5. The fraction of sp³-hybridized carbons (Fsp3) is 0.571. The van der Waals surface area contributed by atoms with Crippen LogP contribution in [0.1, 0.15) is 42.5 Å². The zero-order valence-corrected chi connectivity index (χ0v) is 10.8. The van der Waals surface area contributed by atoms with Crippen molar-refractivity contribution in [2.75, 3.05) is 12.8 Å². The van der Waals surface area contributed by atoms with Crippen LogP contribution in [0.15, 0.2) is 18.3 Å². The van der Waals surface area contributed by atoms with Crippen molar-refractivity contribution >= 4 is 11.6 Å². The first-order valence-electron chi connectivity index (χ1n) is 6.51. The molecule has 0 saturated heterocycles. The Labute approximate surface area is 108 Å². The van der Waals surface area contributed by atoms with Gasteiger partial charge in [-0.1, -0.05) is 19.3 Å². The molecule has 0 bridgehead atoms. The van der Waals surface area contributed by atoms with Crippen LogP contribution < -0.4 is 5.73 Å². The van der Waals surface area contributed by atoms with Gasteiger partial charge >= 0.3 is 0 Å². The van der Waals surface area contributed by atoms with Crippen LogP contribution in [-0.2, 0) is 4.74 Å². The van der Waals surface area contributed by atoms with Crippen LogP contribution in [0.3, 0.4) is 0 Å². The van der Waals surface area contributed by atoms with Gasteiger partial charge in [0, 0.05) is 13.3 Å². The molecule has 2 rings (SSSR count). The van der Waals surface area contributed by atoms with E-state index in [1.54, 1.807) is 25.4 Å². The molecule has 1 aromatic heterocycles. The minimum atomic E-state index is -0.378. The average molecular weight is 248 g/mol. The van der Waals surface area contributed by atoms with Crippen molar-refractivity contribution in [1.29, 1.82) is 0 Å². The predicted molar refractivity (Wildman–Crippen MR) is 70.4 cm³/mol. The van der Waals surface area contributed by atoms with Gasteiger partial charge in [0.15, 0.2) is 5.78 Å². The standard InChI is InChI=1S/C14H20N2O2/c1-18-13(10-6-3-2-4-7-10)12(17)11-8-5-9-16-14(11)15/h5,8-10,13H,2-4,6-7H2,1H3,(H2,15,16). The molecule has 1 aliphatic carbocycles. The summed E-state index contributed by atoms with van der Waals surface area (Å²) in [5.74, 6) is 0.575. The average Bonchev–Trinajstić information content (AvgIpc) is 2.41. The molecule has 1 saturated carbocycles. The summed E-state index contributed by atoms with van der Waals surface area (Å²) in [6.45, 7) is 0. The maximum absolute atomic E-state index is 12.5. The third kappa shape index (κ3) is 2.70. The maximum Gasteiger partial charge on any atom is 0.195 e. The monoisotopic (exact) mass is 248 g/mol. The molecule has 1 heterocycles. The first kappa shape index (κ1) is 13.0. The SMILES string of the molecule is COC(C(=O)c1cccnc1N)C1CCCCC1. The van der Waals surface area contributed by atoms with Gasteiger partial charge in [-0.25, -0.2) is 4.98 Å². The molecule has 0 radical (unpaired) electrons. The molecule has 4 heteroatoms. The van der Waals surface area contributed by atoms with E-state index in [0.29, 0.717) is 17.3 Å². The highest BCUT2D eigenvalue weighted by Gasteiger charge is 2.31. The number of aromatic nitrogens is 1. The van der Waals surface area contributed by atoms with E-state index in [9.17, 15) is 4.79 Å². The quantitative estimate of drug-likeness (QED) is 0.831. The van der Waals surface area contributed by atoms with Crippen molar-refractivity contribution in [2.45, 2.75) is 38.2 Å². The number of nitrogens with two attached hydrogens (primary N) is 1. The number of ketones is 1. The van der Waals surface area contributed by atoms with Gasteiger partial charge in [0.05, 0.1) is 5.56 Å². The van der Waals surface area contributed by atoms with Gasteiger partial charge in [0.2, 0.25) is 0 Å². The summed E-state index contributed by atoms with van der Waals surface area (Å²) in [5, 5.41) is 0. The Kier molecular flexibility index (Phi) is 4.31. The number of hydrogen-bond acceptors (Lipinski definition) is 4. The molecule has 1 aliphatic rings. The van der Waals surface area contributed by atoms with Crippen molar-refractivity contribution in [1.82, 2.24) is 4.98 Å². The van der Waals surface area contributed by atoms with Crippen LogP contribution in [0.5, 0.6) is 0 Å². The number of ether oxygens (including phenoxy) is 1.